The third-order valence-corrected chi connectivity index (χ3v) is 5.57. The van der Waals surface area contributed by atoms with Crippen molar-refractivity contribution < 1.29 is 31.1 Å². The Balaban J connectivity index is 2.17. The van der Waals surface area contributed by atoms with Crippen molar-refractivity contribution in [1.82, 2.24) is 8.61 Å². The van der Waals surface area contributed by atoms with Crippen LogP contribution in [0.4, 0.5) is 13.2 Å². The van der Waals surface area contributed by atoms with E-state index in [1.165, 1.54) is 29.6 Å². The Morgan fingerprint density at radius 2 is 1.80 bits per heavy atom. The molecule has 2 atom stereocenters. The predicted octanol–water partition coefficient (Wildman–Crippen LogP) is 2.37. The minimum atomic E-state index is -4.84. The number of hydrogen-bond donors (Lipinski definition) is 0. The van der Waals surface area contributed by atoms with Gasteiger partial charge in [0.25, 0.3) is 10.2 Å². The number of ether oxygens (including phenoxy) is 2. The Hall–Kier alpha value is -1.36. The van der Waals surface area contributed by atoms with E-state index in [0.29, 0.717) is 0 Å². The average molecular weight is 382 g/mol. The number of halogens is 3. The quantitative estimate of drug-likeness (QED) is 0.785. The van der Waals surface area contributed by atoms with Crippen LogP contribution in [-0.2, 0) is 21.5 Å². The van der Waals surface area contributed by atoms with Crippen LogP contribution >= 0.6 is 0 Å². The highest BCUT2D eigenvalue weighted by molar-refractivity contribution is 7.86. The molecule has 1 heterocycles. The fourth-order valence-electron chi connectivity index (χ4n) is 2.70. The summed E-state index contributed by atoms with van der Waals surface area (Å²) in [5.74, 6) is -0.416. The molecule has 6 nitrogen and oxygen atoms in total. The van der Waals surface area contributed by atoms with Gasteiger partial charge in [0.1, 0.15) is 5.75 Å². The van der Waals surface area contributed by atoms with Crippen molar-refractivity contribution in [3.63, 3.8) is 0 Å². The van der Waals surface area contributed by atoms with Crippen LogP contribution in [0, 0.1) is 0 Å². The van der Waals surface area contributed by atoms with E-state index in [0.717, 1.165) is 10.4 Å². The highest BCUT2D eigenvalue weighted by Gasteiger charge is 2.35. The van der Waals surface area contributed by atoms with Gasteiger partial charge in [-0.05, 0) is 19.9 Å². The Morgan fingerprint density at radius 3 is 2.36 bits per heavy atom. The smallest absolute Gasteiger partial charge is 0.405 e. The van der Waals surface area contributed by atoms with Crippen molar-refractivity contribution in [2.45, 2.75) is 39.0 Å². The van der Waals surface area contributed by atoms with Gasteiger partial charge in [0.15, 0.2) is 0 Å². The summed E-state index contributed by atoms with van der Waals surface area (Å²) >= 11 is 0. The Kier molecular flexibility index (Phi) is 5.97. The third-order valence-electron chi connectivity index (χ3n) is 3.70. The lowest BCUT2D eigenvalue weighted by Gasteiger charge is -2.36. The highest BCUT2D eigenvalue weighted by atomic mass is 32.2. The van der Waals surface area contributed by atoms with Gasteiger partial charge in [0.05, 0.1) is 12.2 Å². The van der Waals surface area contributed by atoms with Crippen LogP contribution in [0.5, 0.6) is 5.75 Å². The molecular formula is C15H21F3N2O4S. The fraction of sp³-hybridized carbons (Fsp3) is 0.600. The van der Waals surface area contributed by atoms with Crippen LogP contribution in [-0.4, -0.2) is 55.7 Å². The van der Waals surface area contributed by atoms with Crippen molar-refractivity contribution in [2.24, 2.45) is 0 Å². The second kappa shape index (κ2) is 7.48. The molecule has 1 aliphatic rings. The first-order valence-corrected chi connectivity index (χ1v) is 9.09. The topological polar surface area (TPSA) is 59.1 Å². The molecule has 2 unspecified atom stereocenters. The molecule has 1 fully saturated rings. The van der Waals surface area contributed by atoms with Gasteiger partial charge in [-0.15, -0.1) is 13.2 Å². The predicted molar refractivity (Wildman–Crippen MR) is 85.1 cm³/mol. The van der Waals surface area contributed by atoms with Crippen molar-refractivity contribution in [3.05, 3.63) is 29.8 Å². The fourth-order valence-corrected chi connectivity index (χ4v) is 4.19. The number of alkyl halides is 3. The summed E-state index contributed by atoms with van der Waals surface area (Å²) in [6.45, 7) is 3.68. The summed E-state index contributed by atoms with van der Waals surface area (Å²) in [4.78, 5) is 0. The van der Waals surface area contributed by atoms with Crippen molar-refractivity contribution in [1.29, 1.82) is 0 Å². The lowest BCUT2D eigenvalue weighted by molar-refractivity contribution is -0.274. The number of morpholine rings is 1. The monoisotopic (exact) mass is 382 g/mol. The van der Waals surface area contributed by atoms with E-state index in [2.05, 4.69) is 4.74 Å². The second-order valence-electron chi connectivity index (χ2n) is 5.99. The van der Waals surface area contributed by atoms with Crippen LogP contribution in [0.1, 0.15) is 19.4 Å². The molecular weight excluding hydrogens is 361 g/mol. The van der Waals surface area contributed by atoms with Crippen LogP contribution in [0.3, 0.4) is 0 Å². The van der Waals surface area contributed by atoms with Crippen LogP contribution in [0.25, 0.3) is 0 Å². The second-order valence-corrected chi connectivity index (χ2v) is 8.03. The number of rotatable bonds is 5. The lowest BCUT2D eigenvalue weighted by Crippen LogP contribution is -2.52. The molecule has 0 N–H and O–H groups in total. The molecule has 0 saturated carbocycles. The number of hydrogen-bond acceptors (Lipinski definition) is 4. The molecule has 0 radical (unpaired) electrons. The molecule has 10 heteroatoms. The molecule has 1 aromatic rings. The summed E-state index contributed by atoms with van der Waals surface area (Å²) < 4.78 is 74.7. The van der Waals surface area contributed by atoms with Gasteiger partial charge in [0, 0.05) is 32.2 Å². The van der Waals surface area contributed by atoms with Gasteiger partial charge in [-0.1, -0.05) is 18.2 Å². The van der Waals surface area contributed by atoms with E-state index >= 15 is 0 Å². The van der Waals surface area contributed by atoms with E-state index < -0.39 is 22.3 Å². The molecule has 1 saturated heterocycles. The summed E-state index contributed by atoms with van der Waals surface area (Å²) in [5, 5.41) is 0. The number of nitrogens with zero attached hydrogens (tertiary/aromatic N) is 2. The van der Waals surface area contributed by atoms with E-state index in [4.69, 9.17) is 4.74 Å². The maximum atomic E-state index is 12.7. The lowest BCUT2D eigenvalue weighted by atomic mass is 10.2. The van der Waals surface area contributed by atoms with Gasteiger partial charge < -0.3 is 9.47 Å². The molecule has 1 aromatic carbocycles. The highest BCUT2D eigenvalue weighted by Crippen LogP contribution is 2.28. The third kappa shape index (κ3) is 5.30. The van der Waals surface area contributed by atoms with Gasteiger partial charge in [-0.2, -0.15) is 17.0 Å². The van der Waals surface area contributed by atoms with Crippen LogP contribution < -0.4 is 4.74 Å². The van der Waals surface area contributed by atoms with Gasteiger partial charge >= 0.3 is 6.36 Å². The van der Waals surface area contributed by atoms with E-state index in [9.17, 15) is 21.6 Å². The van der Waals surface area contributed by atoms with Crippen LogP contribution in [0.15, 0.2) is 24.3 Å². The standard InChI is InChI=1S/C15H21F3N2O4S/c1-11-8-20(9-12(2)23-11)25(21,22)19(3)10-13-6-4-5-7-14(13)24-15(16,17)18/h4-7,11-12H,8-10H2,1-3H3. The first kappa shape index (κ1) is 20.0. The first-order valence-electron chi connectivity index (χ1n) is 7.69. The zero-order valence-corrected chi connectivity index (χ0v) is 15.0. The first-order chi connectivity index (χ1) is 11.5. The Labute approximate surface area is 145 Å². The van der Waals surface area contributed by atoms with Crippen LogP contribution in [0.2, 0.25) is 0 Å². The summed E-state index contributed by atoms with van der Waals surface area (Å²) in [6.07, 6.45) is -5.36. The average Bonchev–Trinajstić information content (AvgIpc) is 2.46. The Bertz CT molecular complexity index is 686. The molecule has 0 spiro atoms. The summed E-state index contributed by atoms with van der Waals surface area (Å²) in [5.41, 5.74) is 0.125. The maximum Gasteiger partial charge on any atom is 0.573 e. The number of benzene rings is 1. The summed E-state index contributed by atoms with van der Waals surface area (Å²) in [7, 11) is -2.51. The molecule has 0 aliphatic carbocycles. The largest absolute Gasteiger partial charge is 0.573 e. The molecule has 25 heavy (non-hydrogen) atoms. The van der Waals surface area contributed by atoms with Crippen molar-refractivity contribution in [3.8, 4) is 5.75 Å². The molecule has 142 valence electrons. The minimum Gasteiger partial charge on any atom is -0.405 e. The van der Waals surface area contributed by atoms with Gasteiger partial charge in [0.2, 0.25) is 0 Å². The van der Waals surface area contributed by atoms with E-state index in [-0.39, 0.29) is 37.4 Å². The van der Waals surface area contributed by atoms with Crippen molar-refractivity contribution >= 4 is 10.2 Å². The normalized spacial score (nSPS) is 23.0. The molecule has 0 amide bonds. The number of para-hydroxylation sites is 1. The van der Waals surface area contributed by atoms with E-state index in [1.807, 2.05) is 0 Å². The molecule has 0 aromatic heterocycles. The minimum absolute atomic E-state index is 0.125. The maximum absolute atomic E-state index is 12.7. The zero-order valence-electron chi connectivity index (χ0n) is 14.2. The van der Waals surface area contributed by atoms with Gasteiger partial charge in [-0.25, -0.2) is 0 Å². The SMILES string of the molecule is CC1CN(S(=O)(=O)N(C)Cc2ccccc2OC(F)(F)F)CC(C)O1. The summed E-state index contributed by atoms with van der Waals surface area (Å²) in [6, 6.07) is 5.47. The molecule has 1 aliphatic heterocycles. The Morgan fingerprint density at radius 1 is 1.24 bits per heavy atom. The molecule has 2 rings (SSSR count). The van der Waals surface area contributed by atoms with Crippen molar-refractivity contribution in [2.75, 3.05) is 20.1 Å². The molecule has 0 bridgehead atoms. The zero-order chi connectivity index (χ0) is 18.8. The van der Waals surface area contributed by atoms with Gasteiger partial charge in [-0.3, -0.25) is 0 Å². The van der Waals surface area contributed by atoms with E-state index in [1.54, 1.807) is 13.8 Å².